The van der Waals surface area contributed by atoms with Crippen LogP contribution in [0, 0.1) is 0 Å². The molecule has 0 rings (SSSR count). The molecule has 2 atom stereocenters. The monoisotopic (exact) mass is 204 g/mol. The number of hydrogen-bond donors (Lipinski definition) is 3. The van der Waals surface area contributed by atoms with Crippen LogP contribution in [0.5, 0.6) is 0 Å². The van der Waals surface area contributed by atoms with E-state index in [1.807, 2.05) is 0 Å². The Kier molecular flexibility index (Phi) is 5.82. The Morgan fingerprint density at radius 1 is 1.57 bits per heavy atom. The number of ether oxygens (including phenoxy) is 1. The average Bonchev–Trinajstić information content (AvgIpc) is 2.12. The normalized spacial score (nSPS) is 14.5. The van der Waals surface area contributed by atoms with E-state index in [4.69, 9.17) is 15.6 Å². The Morgan fingerprint density at radius 3 is 2.57 bits per heavy atom. The second-order valence-corrected chi connectivity index (χ2v) is 3.00. The lowest BCUT2D eigenvalue weighted by atomic mass is 10.2. The molecule has 0 aliphatic carbocycles. The van der Waals surface area contributed by atoms with Gasteiger partial charge in [-0.3, -0.25) is 9.59 Å². The van der Waals surface area contributed by atoms with E-state index in [0.717, 1.165) is 0 Å². The molecule has 0 bridgehead atoms. The van der Waals surface area contributed by atoms with Crippen LogP contribution in [0.4, 0.5) is 0 Å². The van der Waals surface area contributed by atoms with Gasteiger partial charge < -0.3 is 20.9 Å². The molecular formula is C8H16N2O4. The predicted molar refractivity (Wildman–Crippen MR) is 49.7 cm³/mol. The van der Waals surface area contributed by atoms with E-state index < -0.39 is 17.9 Å². The summed E-state index contributed by atoms with van der Waals surface area (Å²) in [7, 11) is 1.52. The third-order valence-corrected chi connectivity index (χ3v) is 1.70. The summed E-state index contributed by atoms with van der Waals surface area (Å²) in [5, 5.41) is 10.9. The van der Waals surface area contributed by atoms with Crippen molar-refractivity contribution in [2.24, 2.45) is 5.73 Å². The van der Waals surface area contributed by atoms with Gasteiger partial charge in [0, 0.05) is 13.7 Å². The minimum Gasteiger partial charge on any atom is -0.481 e. The van der Waals surface area contributed by atoms with Crippen LogP contribution in [-0.2, 0) is 14.3 Å². The van der Waals surface area contributed by atoms with Crippen molar-refractivity contribution < 1.29 is 19.4 Å². The first-order chi connectivity index (χ1) is 6.47. The highest BCUT2D eigenvalue weighted by Gasteiger charge is 2.16. The van der Waals surface area contributed by atoms with Gasteiger partial charge in [-0.25, -0.2) is 0 Å². The summed E-state index contributed by atoms with van der Waals surface area (Å²) >= 11 is 0. The van der Waals surface area contributed by atoms with Crippen molar-refractivity contribution in [3.8, 4) is 0 Å². The summed E-state index contributed by atoms with van der Waals surface area (Å²) in [6.07, 6.45) is -0.483. The van der Waals surface area contributed by atoms with Crippen LogP contribution in [0.3, 0.4) is 0 Å². The SMILES string of the molecule is COC(C)CNC(=O)C(N)CC(=O)O. The quantitative estimate of drug-likeness (QED) is 0.512. The number of amides is 1. The zero-order valence-electron chi connectivity index (χ0n) is 8.32. The molecule has 4 N–H and O–H groups in total. The first kappa shape index (κ1) is 12.9. The van der Waals surface area contributed by atoms with Gasteiger partial charge in [-0.2, -0.15) is 0 Å². The van der Waals surface area contributed by atoms with Gasteiger partial charge in [-0.15, -0.1) is 0 Å². The standard InChI is InChI=1S/C8H16N2O4/c1-5(14-2)4-10-8(13)6(9)3-7(11)12/h5-6H,3-4,9H2,1-2H3,(H,10,13)(H,11,12). The number of aliphatic carboxylic acids is 1. The number of nitrogens with two attached hydrogens (primary N) is 1. The van der Waals surface area contributed by atoms with E-state index in [1.165, 1.54) is 7.11 Å². The topological polar surface area (TPSA) is 102 Å². The Morgan fingerprint density at radius 2 is 2.14 bits per heavy atom. The minimum absolute atomic E-state index is 0.115. The second kappa shape index (κ2) is 6.33. The summed E-state index contributed by atoms with van der Waals surface area (Å²) in [4.78, 5) is 21.4. The maximum atomic E-state index is 11.1. The molecule has 0 spiro atoms. The molecule has 6 nitrogen and oxygen atoms in total. The first-order valence-electron chi connectivity index (χ1n) is 4.25. The molecule has 0 aromatic rings. The molecule has 0 aliphatic heterocycles. The van der Waals surface area contributed by atoms with Crippen molar-refractivity contribution in [1.82, 2.24) is 5.32 Å². The van der Waals surface area contributed by atoms with Gasteiger partial charge in [0.1, 0.15) is 0 Å². The van der Waals surface area contributed by atoms with E-state index in [1.54, 1.807) is 6.92 Å². The minimum atomic E-state index is -1.09. The van der Waals surface area contributed by atoms with Gasteiger partial charge in [-0.1, -0.05) is 0 Å². The van der Waals surface area contributed by atoms with Crippen molar-refractivity contribution in [1.29, 1.82) is 0 Å². The smallest absolute Gasteiger partial charge is 0.305 e. The van der Waals surface area contributed by atoms with Crippen molar-refractivity contribution in [3.63, 3.8) is 0 Å². The van der Waals surface area contributed by atoms with E-state index in [0.29, 0.717) is 6.54 Å². The van der Waals surface area contributed by atoms with Crippen LogP contribution < -0.4 is 11.1 Å². The summed E-state index contributed by atoms with van der Waals surface area (Å²) in [5.74, 6) is -1.57. The maximum absolute atomic E-state index is 11.1. The fraction of sp³-hybridized carbons (Fsp3) is 0.750. The summed E-state index contributed by atoms with van der Waals surface area (Å²) < 4.78 is 4.89. The van der Waals surface area contributed by atoms with Gasteiger partial charge in [0.2, 0.25) is 5.91 Å². The van der Waals surface area contributed by atoms with Crippen LogP contribution in [0.15, 0.2) is 0 Å². The van der Waals surface area contributed by atoms with Crippen LogP contribution in [-0.4, -0.2) is 42.8 Å². The lowest BCUT2D eigenvalue weighted by Crippen LogP contribution is -2.44. The van der Waals surface area contributed by atoms with Crippen molar-refractivity contribution >= 4 is 11.9 Å². The highest BCUT2D eigenvalue weighted by molar-refractivity contribution is 5.85. The molecule has 0 aliphatic rings. The van der Waals surface area contributed by atoms with Gasteiger partial charge in [0.15, 0.2) is 0 Å². The third kappa shape index (κ3) is 5.50. The summed E-state index contributed by atoms with van der Waals surface area (Å²) in [5.41, 5.74) is 5.31. The van der Waals surface area contributed by atoms with Gasteiger partial charge in [0.25, 0.3) is 0 Å². The Bertz CT molecular complexity index is 208. The zero-order chi connectivity index (χ0) is 11.1. The molecule has 6 heteroatoms. The maximum Gasteiger partial charge on any atom is 0.305 e. The molecular weight excluding hydrogens is 188 g/mol. The molecule has 0 radical (unpaired) electrons. The summed E-state index contributed by atoms with van der Waals surface area (Å²) in [6, 6.07) is -1.00. The lowest BCUT2D eigenvalue weighted by molar-refractivity contribution is -0.139. The molecule has 0 saturated heterocycles. The molecule has 0 aromatic heterocycles. The number of carboxylic acid groups (broad SMARTS) is 1. The van der Waals surface area contributed by atoms with Gasteiger partial charge in [-0.05, 0) is 6.92 Å². The highest BCUT2D eigenvalue weighted by Crippen LogP contribution is 1.90. The van der Waals surface area contributed by atoms with E-state index in [-0.39, 0.29) is 12.5 Å². The van der Waals surface area contributed by atoms with Gasteiger partial charge >= 0.3 is 5.97 Å². The number of nitrogens with one attached hydrogen (secondary N) is 1. The number of hydrogen-bond acceptors (Lipinski definition) is 4. The fourth-order valence-corrected chi connectivity index (χ4v) is 0.740. The molecule has 0 aromatic carbocycles. The number of methoxy groups -OCH3 is 1. The van der Waals surface area contributed by atoms with E-state index in [2.05, 4.69) is 5.32 Å². The zero-order valence-corrected chi connectivity index (χ0v) is 8.32. The highest BCUT2D eigenvalue weighted by atomic mass is 16.5. The van der Waals surface area contributed by atoms with Crippen molar-refractivity contribution in [3.05, 3.63) is 0 Å². The molecule has 0 fully saturated rings. The summed E-state index contributed by atoms with van der Waals surface area (Å²) in [6.45, 7) is 2.10. The average molecular weight is 204 g/mol. The Labute approximate surface area is 82.4 Å². The van der Waals surface area contributed by atoms with Crippen molar-refractivity contribution in [2.75, 3.05) is 13.7 Å². The Hall–Kier alpha value is -1.14. The van der Waals surface area contributed by atoms with Crippen LogP contribution in [0.2, 0.25) is 0 Å². The van der Waals surface area contributed by atoms with Crippen LogP contribution in [0.25, 0.3) is 0 Å². The van der Waals surface area contributed by atoms with Gasteiger partial charge in [0.05, 0.1) is 18.6 Å². The lowest BCUT2D eigenvalue weighted by Gasteiger charge is -2.13. The van der Waals surface area contributed by atoms with E-state index in [9.17, 15) is 9.59 Å². The molecule has 0 heterocycles. The number of carboxylic acids is 1. The largest absolute Gasteiger partial charge is 0.481 e. The first-order valence-corrected chi connectivity index (χ1v) is 4.25. The molecule has 14 heavy (non-hydrogen) atoms. The predicted octanol–water partition coefficient (Wildman–Crippen LogP) is -1.06. The molecule has 0 saturated carbocycles. The van der Waals surface area contributed by atoms with Crippen molar-refractivity contribution in [2.45, 2.75) is 25.5 Å². The van der Waals surface area contributed by atoms with E-state index >= 15 is 0 Å². The molecule has 1 amide bonds. The number of carbonyl (C=O) groups is 2. The number of carbonyl (C=O) groups excluding carboxylic acids is 1. The van der Waals surface area contributed by atoms with Crippen LogP contribution in [0.1, 0.15) is 13.3 Å². The number of rotatable bonds is 6. The van der Waals surface area contributed by atoms with Crippen LogP contribution >= 0.6 is 0 Å². The Balaban J connectivity index is 3.78. The molecule has 2 unspecified atom stereocenters. The molecule has 82 valence electrons. The second-order valence-electron chi connectivity index (χ2n) is 3.00. The third-order valence-electron chi connectivity index (χ3n) is 1.70. The fourth-order valence-electron chi connectivity index (χ4n) is 0.740.